The van der Waals surface area contributed by atoms with Crippen LogP contribution in [0.4, 0.5) is 11.4 Å². The minimum atomic E-state index is 0.109. The number of hydrogen-bond acceptors (Lipinski definition) is 3. The zero-order valence-electron chi connectivity index (χ0n) is 12.3. The smallest absolute Gasteiger partial charge is 0.237 e. The van der Waals surface area contributed by atoms with Gasteiger partial charge in [0.1, 0.15) is 0 Å². The Morgan fingerprint density at radius 3 is 2.29 bits per heavy atom. The first-order valence-corrected chi connectivity index (χ1v) is 7.92. The topological polar surface area (TPSA) is 46.3 Å². The number of hydrogen-bond donors (Lipinski definition) is 1. The molecule has 2 aromatic carbocycles. The number of nitrogen functional groups attached to an aromatic ring is 1. The van der Waals surface area contributed by atoms with Gasteiger partial charge < -0.3 is 10.6 Å². The highest BCUT2D eigenvalue weighted by atomic mass is 32.2. The Morgan fingerprint density at radius 2 is 1.71 bits per heavy atom. The molecule has 0 unspecified atom stereocenters. The van der Waals surface area contributed by atoms with Crippen molar-refractivity contribution in [3.8, 4) is 0 Å². The van der Waals surface area contributed by atoms with E-state index in [1.165, 1.54) is 11.8 Å². The quantitative estimate of drug-likeness (QED) is 0.675. The van der Waals surface area contributed by atoms with Gasteiger partial charge in [-0.3, -0.25) is 4.79 Å². The van der Waals surface area contributed by atoms with Crippen LogP contribution in [0.2, 0.25) is 0 Å². The molecule has 0 radical (unpaired) electrons. The van der Waals surface area contributed by atoms with E-state index in [9.17, 15) is 4.79 Å². The number of anilines is 2. The highest BCUT2D eigenvalue weighted by Gasteiger charge is 2.18. The first-order valence-electron chi connectivity index (χ1n) is 6.93. The lowest BCUT2D eigenvalue weighted by molar-refractivity contribution is -0.116. The van der Waals surface area contributed by atoms with Crippen molar-refractivity contribution in [3.05, 3.63) is 54.6 Å². The van der Waals surface area contributed by atoms with Gasteiger partial charge in [-0.1, -0.05) is 18.2 Å². The summed E-state index contributed by atoms with van der Waals surface area (Å²) >= 11 is 1.53. The van der Waals surface area contributed by atoms with Crippen molar-refractivity contribution in [1.29, 1.82) is 0 Å². The fourth-order valence-electron chi connectivity index (χ4n) is 2.10. The van der Waals surface area contributed by atoms with Gasteiger partial charge in [0, 0.05) is 22.3 Å². The summed E-state index contributed by atoms with van der Waals surface area (Å²) in [5.41, 5.74) is 7.34. The number of carbonyl (C=O) groups is 1. The van der Waals surface area contributed by atoms with Crippen molar-refractivity contribution in [3.63, 3.8) is 0 Å². The highest BCUT2D eigenvalue weighted by Crippen LogP contribution is 2.22. The van der Waals surface area contributed by atoms with Crippen molar-refractivity contribution in [2.24, 2.45) is 0 Å². The van der Waals surface area contributed by atoms with E-state index >= 15 is 0 Å². The predicted octanol–water partition coefficient (Wildman–Crippen LogP) is 3.80. The van der Waals surface area contributed by atoms with Gasteiger partial charge in [0.05, 0.1) is 5.75 Å². The molecule has 0 atom stereocenters. The lowest BCUT2D eigenvalue weighted by Gasteiger charge is -2.26. The maximum Gasteiger partial charge on any atom is 0.237 e. The van der Waals surface area contributed by atoms with E-state index in [0.29, 0.717) is 5.75 Å². The van der Waals surface area contributed by atoms with E-state index < -0.39 is 0 Å². The first-order chi connectivity index (χ1) is 10.1. The largest absolute Gasteiger partial charge is 0.399 e. The van der Waals surface area contributed by atoms with Crippen LogP contribution in [-0.4, -0.2) is 17.7 Å². The van der Waals surface area contributed by atoms with Crippen LogP contribution >= 0.6 is 11.8 Å². The summed E-state index contributed by atoms with van der Waals surface area (Å²) in [4.78, 5) is 15.4. The monoisotopic (exact) mass is 300 g/mol. The number of para-hydroxylation sites is 1. The molecule has 3 nitrogen and oxygen atoms in total. The summed E-state index contributed by atoms with van der Waals surface area (Å²) in [6.45, 7) is 4.05. The molecule has 110 valence electrons. The van der Waals surface area contributed by atoms with Crippen LogP contribution in [0.15, 0.2) is 59.5 Å². The van der Waals surface area contributed by atoms with E-state index in [0.717, 1.165) is 16.3 Å². The van der Waals surface area contributed by atoms with Crippen molar-refractivity contribution in [2.45, 2.75) is 24.8 Å². The Balaban J connectivity index is 2.04. The number of nitrogens with zero attached hydrogens (tertiary/aromatic N) is 1. The molecule has 0 aliphatic heterocycles. The maximum atomic E-state index is 12.5. The fourth-order valence-corrected chi connectivity index (χ4v) is 2.86. The molecule has 2 N–H and O–H groups in total. The van der Waals surface area contributed by atoms with E-state index in [-0.39, 0.29) is 11.9 Å². The maximum absolute atomic E-state index is 12.5. The second-order valence-corrected chi connectivity index (χ2v) is 6.10. The highest BCUT2D eigenvalue weighted by molar-refractivity contribution is 8.00. The van der Waals surface area contributed by atoms with E-state index in [4.69, 9.17) is 5.73 Å². The third-order valence-corrected chi connectivity index (χ3v) is 4.06. The lowest BCUT2D eigenvalue weighted by atomic mass is 10.2. The molecule has 0 heterocycles. The molecule has 2 rings (SSSR count). The fraction of sp³-hybridized carbons (Fsp3) is 0.235. The SMILES string of the molecule is CC(C)N(C(=O)CSc1ccc(N)cc1)c1ccccc1. The van der Waals surface area contributed by atoms with Crippen molar-refractivity contribution in [1.82, 2.24) is 0 Å². The summed E-state index contributed by atoms with van der Waals surface area (Å²) in [7, 11) is 0. The van der Waals surface area contributed by atoms with Crippen LogP contribution < -0.4 is 10.6 Å². The number of amides is 1. The third kappa shape index (κ3) is 4.26. The summed E-state index contributed by atoms with van der Waals surface area (Å²) < 4.78 is 0. The van der Waals surface area contributed by atoms with Crippen molar-refractivity contribution >= 4 is 29.0 Å². The average molecular weight is 300 g/mol. The molecule has 4 heteroatoms. The summed E-state index contributed by atoms with van der Waals surface area (Å²) in [5, 5.41) is 0. The number of carbonyl (C=O) groups excluding carboxylic acids is 1. The number of benzene rings is 2. The van der Waals surface area contributed by atoms with Crippen molar-refractivity contribution in [2.75, 3.05) is 16.4 Å². The van der Waals surface area contributed by atoms with E-state index in [2.05, 4.69) is 0 Å². The lowest BCUT2D eigenvalue weighted by Crippen LogP contribution is -2.38. The minimum Gasteiger partial charge on any atom is -0.399 e. The standard InChI is InChI=1S/C17H20N2OS/c1-13(2)19(15-6-4-3-5-7-15)17(20)12-21-16-10-8-14(18)9-11-16/h3-11,13H,12,18H2,1-2H3. The van der Waals surface area contributed by atoms with Gasteiger partial charge in [-0.05, 0) is 50.2 Å². The Kier molecular flexibility index (Phi) is 5.28. The van der Waals surface area contributed by atoms with Crippen LogP contribution in [0.5, 0.6) is 0 Å². The summed E-state index contributed by atoms with van der Waals surface area (Å²) in [6.07, 6.45) is 0. The zero-order valence-corrected chi connectivity index (χ0v) is 13.1. The second kappa shape index (κ2) is 7.18. The first kappa shape index (κ1) is 15.4. The molecule has 0 saturated carbocycles. The third-order valence-electron chi connectivity index (χ3n) is 3.06. The van der Waals surface area contributed by atoms with Gasteiger partial charge in [-0.25, -0.2) is 0 Å². The van der Waals surface area contributed by atoms with Gasteiger partial charge in [-0.15, -0.1) is 11.8 Å². The van der Waals surface area contributed by atoms with Gasteiger partial charge in [0.25, 0.3) is 0 Å². The predicted molar refractivity (Wildman–Crippen MR) is 90.6 cm³/mol. The van der Waals surface area contributed by atoms with E-state index in [1.54, 1.807) is 0 Å². The Morgan fingerprint density at radius 1 is 1.10 bits per heavy atom. The molecule has 0 aliphatic rings. The normalized spacial score (nSPS) is 10.6. The molecule has 1 amide bonds. The molecule has 0 spiro atoms. The molecule has 0 aliphatic carbocycles. The Labute approximate surface area is 130 Å². The Hall–Kier alpha value is -1.94. The number of nitrogens with two attached hydrogens (primary N) is 1. The van der Waals surface area contributed by atoms with Gasteiger partial charge >= 0.3 is 0 Å². The molecule has 0 saturated heterocycles. The second-order valence-electron chi connectivity index (χ2n) is 5.05. The van der Waals surface area contributed by atoms with Crippen LogP contribution in [0, 0.1) is 0 Å². The van der Waals surface area contributed by atoms with Crippen LogP contribution in [0.3, 0.4) is 0 Å². The van der Waals surface area contributed by atoms with Gasteiger partial charge in [0.2, 0.25) is 5.91 Å². The summed E-state index contributed by atoms with van der Waals surface area (Å²) in [5.74, 6) is 0.523. The van der Waals surface area contributed by atoms with Crippen molar-refractivity contribution < 1.29 is 4.79 Å². The Bertz CT molecular complexity index is 581. The van der Waals surface area contributed by atoms with Crippen LogP contribution in [-0.2, 0) is 4.79 Å². The molecule has 0 fully saturated rings. The summed E-state index contributed by atoms with van der Waals surface area (Å²) in [6, 6.07) is 17.5. The molecule has 0 aromatic heterocycles. The van der Waals surface area contributed by atoms with Gasteiger partial charge in [-0.2, -0.15) is 0 Å². The van der Waals surface area contributed by atoms with E-state index in [1.807, 2.05) is 73.3 Å². The minimum absolute atomic E-state index is 0.109. The molecular formula is C17H20N2OS. The molecule has 2 aromatic rings. The molecule has 0 bridgehead atoms. The molecule has 21 heavy (non-hydrogen) atoms. The van der Waals surface area contributed by atoms with Gasteiger partial charge in [0.15, 0.2) is 0 Å². The van der Waals surface area contributed by atoms with Crippen LogP contribution in [0.1, 0.15) is 13.8 Å². The number of rotatable bonds is 5. The molecular weight excluding hydrogens is 280 g/mol. The zero-order chi connectivity index (χ0) is 15.2. The average Bonchev–Trinajstić information content (AvgIpc) is 2.47. The number of thioether (sulfide) groups is 1. The van der Waals surface area contributed by atoms with Crippen LogP contribution in [0.25, 0.3) is 0 Å².